The summed E-state index contributed by atoms with van der Waals surface area (Å²) in [7, 11) is -2.03. The van der Waals surface area contributed by atoms with Gasteiger partial charge in [0.2, 0.25) is 10.0 Å². The van der Waals surface area contributed by atoms with Crippen LogP contribution in [-0.2, 0) is 17.1 Å². The summed E-state index contributed by atoms with van der Waals surface area (Å²) in [5, 5.41) is 14.8. The van der Waals surface area contributed by atoms with Gasteiger partial charge in [-0.05, 0) is 12.5 Å². The van der Waals surface area contributed by atoms with Crippen molar-refractivity contribution in [3.8, 4) is 0 Å². The van der Waals surface area contributed by atoms with E-state index in [1.807, 2.05) is 0 Å². The number of amides is 1. The third-order valence-electron chi connectivity index (χ3n) is 4.36. The van der Waals surface area contributed by atoms with Crippen LogP contribution in [0.25, 0.3) is 0 Å². The van der Waals surface area contributed by atoms with Crippen LogP contribution in [-0.4, -0.2) is 64.4 Å². The number of carbonyl (C=O) groups is 1. The van der Waals surface area contributed by atoms with Crippen molar-refractivity contribution in [3.05, 3.63) is 52.3 Å². The SMILES string of the molecule is Cn1cc(S(=O)(=O)N2CCCN(C(=O)c3cccc([N+](=O)[O-])c3)CC2)cn1. The Morgan fingerprint density at radius 1 is 1.22 bits per heavy atom. The van der Waals surface area contributed by atoms with Crippen molar-refractivity contribution in [3.63, 3.8) is 0 Å². The lowest BCUT2D eigenvalue weighted by atomic mass is 10.1. The Hall–Kier alpha value is -2.79. The molecule has 2 aromatic rings. The number of non-ortho nitro benzene ring substituents is 1. The van der Waals surface area contributed by atoms with Crippen molar-refractivity contribution in [2.45, 2.75) is 11.3 Å². The Kier molecular flexibility index (Phi) is 5.24. The lowest BCUT2D eigenvalue weighted by Gasteiger charge is -2.21. The lowest BCUT2D eigenvalue weighted by Crippen LogP contribution is -2.37. The maximum absolute atomic E-state index is 12.7. The normalized spacial score (nSPS) is 16.1. The standard InChI is InChI=1S/C16H19N5O5S/c1-18-12-15(11-17-18)27(25,26)20-7-3-6-19(8-9-20)16(22)13-4-2-5-14(10-13)21(23)24/h2,4-5,10-12H,3,6-9H2,1H3. The number of sulfonamides is 1. The summed E-state index contributed by atoms with van der Waals surface area (Å²) in [6.45, 7) is 1.02. The van der Waals surface area contributed by atoms with Gasteiger partial charge in [-0.15, -0.1) is 0 Å². The third-order valence-corrected chi connectivity index (χ3v) is 6.22. The van der Waals surface area contributed by atoms with Crippen molar-refractivity contribution in [1.29, 1.82) is 0 Å². The monoisotopic (exact) mass is 393 g/mol. The van der Waals surface area contributed by atoms with Crippen LogP contribution >= 0.6 is 0 Å². The predicted molar refractivity (Wildman–Crippen MR) is 95.6 cm³/mol. The second-order valence-electron chi connectivity index (χ2n) is 6.21. The maximum atomic E-state index is 12.7. The van der Waals surface area contributed by atoms with Crippen molar-refractivity contribution in [1.82, 2.24) is 19.0 Å². The zero-order chi connectivity index (χ0) is 19.6. The number of aryl methyl sites for hydroxylation is 1. The summed E-state index contributed by atoms with van der Waals surface area (Å²) in [5.74, 6) is -0.348. The minimum atomic E-state index is -3.67. The molecule has 1 aromatic carbocycles. The van der Waals surface area contributed by atoms with Crippen molar-refractivity contribution in [2.75, 3.05) is 26.2 Å². The van der Waals surface area contributed by atoms with Crippen LogP contribution in [0.1, 0.15) is 16.8 Å². The number of hydrogen-bond acceptors (Lipinski definition) is 6. The molecule has 1 saturated heterocycles. The zero-order valence-electron chi connectivity index (χ0n) is 14.7. The Morgan fingerprint density at radius 2 is 2.00 bits per heavy atom. The first-order chi connectivity index (χ1) is 12.8. The molecule has 0 aliphatic carbocycles. The van der Waals surface area contributed by atoms with Gasteiger partial charge < -0.3 is 4.90 Å². The van der Waals surface area contributed by atoms with Crippen LogP contribution in [0.5, 0.6) is 0 Å². The van der Waals surface area contributed by atoms with Gasteiger partial charge in [-0.25, -0.2) is 8.42 Å². The molecular formula is C16H19N5O5S. The highest BCUT2D eigenvalue weighted by atomic mass is 32.2. The molecule has 0 unspecified atom stereocenters. The van der Waals surface area contributed by atoms with E-state index in [-0.39, 0.29) is 41.7 Å². The highest BCUT2D eigenvalue weighted by molar-refractivity contribution is 7.89. The molecule has 11 heteroatoms. The van der Waals surface area contributed by atoms with E-state index in [1.165, 1.54) is 50.5 Å². The molecule has 0 atom stereocenters. The van der Waals surface area contributed by atoms with Crippen molar-refractivity contribution >= 4 is 21.6 Å². The number of rotatable bonds is 4. The minimum Gasteiger partial charge on any atom is -0.337 e. The summed E-state index contributed by atoms with van der Waals surface area (Å²) in [5.41, 5.74) is 0.0595. The van der Waals surface area contributed by atoms with E-state index in [1.54, 1.807) is 7.05 Å². The number of nitro groups is 1. The predicted octanol–water partition coefficient (Wildman–Crippen LogP) is 0.865. The van der Waals surface area contributed by atoms with Gasteiger partial charge in [0.25, 0.3) is 11.6 Å². The fourth-order valence-corrected chi connectivity index (χ4v) is 4.41. The molecule has 2 heterocycles. The van der Waals surface area contributed by atoms with E-state index >= 15 is 0 Å². The third kappa shape index (κ3) is 3.98. The van der Waals surface area contributed by atoms with E-state index < -0.39 is 14.9 Å². The van der Waals surface area contributed by atoms with Crippen LogP contribution in [0.2, 0.25) is 0 Å². The van der Waals surface area contributed by atoms with Crippen LogP contribution in [0.4, 0.5) is 5.69 Å². The van der Waals surface area contributed by atoms with Crippen molar-refractivity contribution < 1.29 is 18.1 Å². The lowest BCUT2D eigenvalue weighted by molar-refractivity contribution is -0.384. The highest BCUT2D eigenvalue weighted by Gasteiger charge is 2.29. The van der Waals surface area contributed by atoms with E-state index in [2.05, 4.69) is 5.10 Å². The molecule has 27 heavy (non-hydrogen) atoms. The fraction of sp³-hybridized carbons (Fsp3) is 0.375. The van der Waals surface area contributed by atoms with Crippen LogP contribution in [0.15, 0.2) is 41.6 Å². The van der Waals surface area contributed by atoms with E-state index in [0.717, 1.165) is 0 Å². The average Bonchev–Trinajstić information content (AvgIpc) is 2.94. The number of benzene rings is 1. The van der Waals surface area contributed by atoms with Crippen molar-refractivity contribution in [2.24, 2.45) is 7.05 Å². The van der Waals surface area contributed by atoms with E-state index in [4.69, 9.17) is 0 Å². The van der Waals surface area contributed by atoms with Gasteiger partial charge in [0, 0.05) is 57.1 Å². The molecule has 144 valence electrons. The van der Waals surface area contributed by atoms with Gasteiger partial charge in [-0.1, -0.05) is 6.07 Å². The van der Waals surface area contributed by atoms with Gasteiger partial charge in [0.05, 0.1) is 11.1 Å². The molecule has 1 amide bonds. The molecule has 0 bridgehead atoms. The molecule has 10 nitrogen and oxygen atoms in total. The summed E-state index contributed by atoms with van der Waals surface area (Å²) < 4.78 is 28.2. The molecule has 0 N–H and O–H groups in total. The first kappa shape index (κ1) is 19.0. The molecule has 0 saturated carbocycles. The number of hydrogen-bond donors (Lipinski definition) is 0. The quantitative estimate of drug-likeness (QED) is 0.562. The largest absolute Gasteiger partial charge is 0.337 e. The molecule has 0 radical (unpaired) electrons. The molecule has 0 spiro atoms. The number of carbonyl (C=O) groups excluding carboxylic acids is 1. The van der Waals surface area contributed by atoms with Gasteiger partial charge in [0.1, 0.15) is 4.90 Å². The molecule has 1 aromatic heterocycles. The first-order valence-electron chi connectivity index (χ1n) is 8.31. The summed E-state index contributed by atoms with van der Waals surface area (Å²) in [6, 6.07) is 5.53. The Balaban J connectivity index is 1.74. The fourth-order valence-electron chi connectivity index (χ4n) is 2.95. The van der Waals surface area contributed by atoms with Gasteiger partial charge in [-0.2, -0.15) is 9.40 Å². The highest BCUT2D eigenvalue weighted by Crippen LogP contribution is 2.19. The minimum absolute atomic E-state index is 0.114. The van der Waals surface area contributed by atoms with E-state index in [9.17, 15) is 23.3 Å². The van der Waals surface area contributed by atoms with Gasteiger partial charge in [0.15, 0.2) is 0 Å². The van der Waals surface area contributed by atoms with E-state index in [0.29, 0.717) is 13.0 Å². The van der Waals surface area contributed by atoms with Crippen LogP contribution < -0.4 is 0 Å². The van der Waals surface area contributed by atoms with Crippen LogP contribution in [0, 0.1) is 10.1 Å². The Bertz CT molecular complexity index is 971. The summed E-state index contributed by atoms with van der Waals surface area (Å²) in [6.07, 6.45) is 3.21. The second kappa shape index (κ2) is 7.45. The Labute approximate surface area is 156 Å². The first-order valence-corrected chi connectivity index (χ1v) is 9.75. The van der Waals surface area contributed by atoms with Gasteiger partial charge in [-0.3, -0.25) is 19.6 Å². The molecule has 1 fully saturated rings. The number of nitrogens with zero attached hydrogens (tertiary/aromatic N) is 5. The second-order valence-corrected chi connectivity index (χ2v) is 8.14. The summed E-state index contributed by atoms with van der Waals surface area (Å²) in [4.78, 5) is 24.7. The zero-order valence-corrected chi connectivity index (χ0v) is 15.5. The molecular weight excluding hydrogens is 374 g/mol. The van der Waals surface area contributed by atoms with Crippen LogP contribution in [0.3, 0.4) is 0 Å². The smallest absolute Gasteiger partial charge is 0.270 e. The number of aromatic nitrogens is 2. The molecule has 3 rings (SSSR count). The topological polar surface area (TPSA) is 119 Å². The average molecular weight is 393 g/mol. The Morgan fingerprint density at radius 3 is 2.67 bits per heavy atom. The molecule has 1 aliphatic rings. The number of nitro benzene ring substituents is 1. The van der Waals surface area contributed by atoms with Gasteiger partial charge >= 0.3 is 0 Å². The summed E-state index contributed by atoms with van der Waals surface area (Å²) >= 11 is 0. The molecule has 1 aliphatic heterocycles. The maximum Gasteiger partial charge on any atom is 0.270 e.